The summed E-state index contributed by atoms with van der Waals surface area (Å²) in [6.45, 7) is 4.68. The third-order valence-electron chi connectivity index (χ3n) is 4.39. The van der Waals surface area contributed by atoms with Gasteiger partial charge in [-0.1, -0.05) is 15.9 Å². The van der Waals surface area contributed by atoms with Crippen molar-refractivity contribution in [2.75, 3.05) is 36.4 Å². The highest BCUT2D eigenvalue weighted by molar-refractivity contribution is 9.10. The van der Waals surface area contributed by atoms with Crippen LogP contribution < -0.4 is 20.9 Å². The molecule has 0 aliphatic carbocycles. The maximum Gasteiger partial charge on any atom is 0.246 e. The fraction of sp³-hybridized carbons (Fsp3) is 0.350. The molecule has 0 spiro atoms. The number of guanidine groups is 1. The lowest BCUT2D eigenvalue weighted by molar-refractivity contribution is -0.114. The molecule has 148 valence electrons. The number of hydrogen-bond acceptors (Lipinski definition) is 4. The van der Waals surface area contributed by atoms with Gasteiger partial charge in [0.05, 0.1) is 11.9 Å². The minimum absolute atomic E-state index is 0.0490. The first-order valence-corrected chi connectivity index (χ1v) is 10.2. The van der Waals surface area contributed by atoms with Gasteiger partial charge in [-0.05, 0) is 49.7 Å². The fourth-order valence-corrected chi connectivity index (χ4v) is 3.33. The van der Waals surface area contributed by atoms with Gasteiger partial charge in [-0.2, -0.15) is 0 Å². The van der Waals surface area contributed by atoms with E-state index in [0.29, 0.717) is 11.6 Å². The number of carbonyl (C=O) groups excluding carboxylic acids is 1. The first kappa shape index (κ1) is 20.1. The molecule has 3 N–H and O–H groups in total. The number of aliphatic imine (C=N–C) groups is 1. The van der Waals surface area contributed by atoms with Gasteiger partial charge in [0, 0.05) is 42.0 Å². The van der Waals surface area contributed by atoms with Crippen molar-refractivity contribution in [3.63, 3.8) is 0 Å². The highest BCUT2D eigenvalue weighted by Crippen LogP contribution is 2.22. The Kier molecular flexibility index (Phi) is 7.25. The third kappa shape index (κ3) is 5.95. The standard InChI is InChI=1S/C20H25BrN6O/c1-2-23-20(24-13-19(28)25-16-4-3-10-22-12-16)26-17-9-11-27(14-17)18-7-5-15(21)6-8-18/h3-8,10,12,17H,2,9,11,13-14H2,1H3,(H,25,28)(H2,23,24,26). The highest BCUT2D eigenvalue weighted by Gasteiger charge is 2.23. The van der Waals surface area contributed by atoms with Gasteiger partial charge >= 0.3 is 0 Å². The lowest BCUT2D eigenvalue weighted by atomic mass is 10.3. The van der Waals surface area contributed by atoms with Crippen molar-refractivity contribution in [2.45, 2.75) is 19.4 Å². The largest absolute Gasteiger partial charge is 0.369 e. The second kappa shape index (κ2) is 10.1. The molecule has 7 nitrogen and oxygen atoms in total. The Morgan fingerprint density at radius 1 is 1.32 bits per heavy atom. The molecule has 2 heterocycles. The molecular formula is C20H25BrN6O. The molecule has 8 heteroatoms. The van der Waals surface area contributed by atoms with Crippen molar-refractivity contribution in [3.8, 4) is 0 Å². The van der Waals surface area contributed by atoms with E-state index in [2.05, 4.69) is 71.0 Å². The molecule has 0 bridgehead atoms. The van der Waals surface area contributed by atoms with Gasteiger partial charge in [-0.25, -0.2) is 4.99 Å². The molecule has 2 aromatic rings. The molecule has 1 amide bonds. The van der Waals surface area contributed by atoms with Gasteiger partial charge in [0.25, 0.3) is 0 Å². The Morgan fingerprint density at radius 2 is 2.14 bits per heavy atom. The molecule has 1 atom stereocenters. The normalized spacial score (nSPS) is 16.7. The summed E-state index contributed by atoms with van der Waals surface area (Å²) in [6.07, 6.45) is 4.29. The zero-order chi connectivity index (χ0) is 19.8. The minimum Gasteiger partial charge on any atom is -0.369 e. The number of benzene rings is 1. The summed E-state index contributed by atoms with van der Waals surface area (Å²) < 4.78 is 1.08. The summed E-state index contributed by atoms with van der Waals surface area (Å²) in [7, 11) is 0. The number of hydrogen-bond donors (Lipinski definition) is 3. The van der Waals surface area contributed by atoms with E-state index in [-0.39, 0.29) is 18.5 Å². The van der Waals surface area contributed by atoms with Crippen LogP contribution in [0.15, 0.2) is 58.3 Å². The average molecular weight is 445 g/mol. The van der Waals surface area contributed by atoms with Crippen LogP contribution in [0.2, 0.25) is 0 Å². The summed E-state index contributed by atoms with van der Waals surface area (Å²) in [5, 5.41) is 9.45. The SMILES string of the molecule is CCNC(=NCC(=O)Nc1cccnc1)NC1CCN(c2ccc(Br)cc2)C1. The van der Waals surface area contributed by atoms with Gasteiger partial charge in [-0.3, -0.25) is 9.78 Å². The van der Waals surface area contributed by atoms with Gasteiger partial charge < -0.3 is 20.9 Å². The van der Waals surface area contributed by atoms with Crippen LogP contribution in [-0.4, -0.2) is 49.1 Å². The second-order valence-corrected chi connectivity index (χ2v) is 7.45. The van der Waals surface area contributed by atoms with Crippen molar-refractivity contribution < 1.29 is 4.79 Å². The maximum atomic E-state index is 12.1. The predicted octanol–water partition coefficient (Wildman–Crippen LogP) is 2.62. The molecule has 0 saturated carbocycles. The molecule has 1 unspecified atom stereocenters. The number of pyridine rings is 1. The van der Waals surface area contributed by atoms with Gasteiger partial charge in [0.2, 0.25) is 5.91 Å². The van der Waals surface area contributed by atoms with Crippen LogP contribution >= 0.6 is 15.9 Å². The fourth-order valence-electron chi connectivity index (χ4n) is 3.07. The molecule has 1 aromatic carbocycles. The van der Waals surface area contributed by atoms with Gasteiger partial charge in [0.15, 0.2) is 5.96 Å². The quantitative estimate of drug-likeness (QED) is 0.471. The number of nitrogens with one attached hydrogen (secondary N) is 3. The molecular weight excluding hydrogens is 420 g/mol. The Labute approximate surface area is 173 Å². The highest BCUT2D eigenvalue weighted by atomic mass is 79.9. The summed E-state index contributed by atoms with van der Waals surface area (Å²) in [4.78, 5) is 22.9. The summed E-state index contributed by atoms with van der Waals surface area (Å²) in [6, 6.07) is 12.2. The first-order valence-electron chi connectivity index (χ1n) is 9.39. The Morgan fingerprint density at radius 3 is 2.86 bits per heavy atom. The van der Waals surface area contributed by atoms with E-state index in [9.17, 15) is 4.79 Å². The first-order chi connectivity index (χ1) is 13.6. The van der Waals surface area contributed by atoms with Crippen LogP contribution in [0.4, 0.5) is 11.4 Å². The van der Waals surface area contributed by atoms with E-state index in [0.717, 1.165) is 30.5 Å². The zero-order valence-corrected chi connectivity index (χ0v) is 17.4. The zero-order valence-electron chi connectivity index (χ0n) is 15.9. The molecule has 1 aliphatic rings. The number of carbonyl (C=O) groups is 1. The number of nitrogens with zero attached hydrogens (tertiary/aromatic N) is 3. The lowest BCUT2D eigenvalue weighted by Crippen LogP contribution is -2.45. The summed E-state index contributed by atoms with van der Waals surface area (Å²) in [5.74, 6) is 0.486. The predicted molar refractivity (Wildman–Crippen MR) is 117 cm³/mol. The third-order valence-corrected chi connectivity index (χ3v) is 4.92. The molecule has 1 aromatic heterocycles. The van der Waals surface area contributed by atoms with E-state index in [1.807, 2.05) is 6.92 Å². The van der Waals surface area contributed by atoms with Crippen LogP contribution in [-0.2, 0) is 4.79 Å². The summed E-state index contributed by atoms with van der Waals surface area (Å²) >= 11 is 3.47. The van der Waals surface area contributed by atoms with E-state index >= 15 is 0 Å². The Balaban J connectivity index is 1.53. The van der Waals surface area contributed by atoms with Crippen LogP contribution in [0.3, 0.4) is 0 Å². The number of rotatable bonds is 6. The van der Waals surface area contributed by atoms with E-state index in [1.54, 1.807) is 24.5 Å². The van der Waals surface area contributed by atoms with E-state index < -0.39 is 0 Å². The maximum absolute atomic E-state index is 12.1. The van der Waals surface area contributed by atoms with Crippen molar-refractivity contribution >= 4 is 39.2 Å². The van der Waals surface area contributed by atoms with E-state index in [1.165, 1.54) is 5.69 Å². The molecule has 1 saturated heterocycles. The van der Waals surface area contributed by atoms with Crippen molar-refractivity contribution in [2.24, 2.45) is 4.99 Å². The molecule has 28 heavy (non-hydrogen) atoms. The lowest BCUT2D eigenvalue weighted by Gasteiger charge is -2.20. The van der Waals surface area contributed by atoms with Crippen molar-refractivity contribution in [1.29, 1.82) is 0 Å². The van der Waals surface area contributed by atoms with Gasteiger partial charge in [0.1, 0.15) is 6.54 Å². The van der Waals surface area contributed by atoms with Crippen LogP contribution in [0.5, 0.6) is 0 Å². The minimum atomic E-state index is -0.173. The number of aromatic nitrogens is 1. The second-order valence-electron chi connectivity index (χ2n) is 6.54. The average Bonchev–Trinajstić information content (AvgIpc) is 3.16. The molecule has 1 aliphatic heterocycles. The van der Waals surface area contributed by atoms with Crippen LogP contribution in [0.25, 0.3) is 0 Å². The van der Waals surface area contributed by atoms with Crippen molar-refractivity contribution in [1.82, 2.24) is 15.6 Å². The Bertz CT molecular complexity index is 796. The number of amides is 1. The molecule has 1 fully saturated rings. The number of halogens is 1. The molecule has 3 rings (SSSR count). The van der Waals surface area contributed by atoms with Crippen LogP contribution in [0.1, 0.15) is 13.3 Å². The van der Waals surface area contributed by atoms with E-state index in [4.69, 9.17) is 0 Å². The summed E-state index contributed by atoms with van der Waals surface area (Å²) in [5.41, 5.74) is 1.88. The van der Waals surface area contributed by atoms with Gasteiger partial charge in [-0.15, -0.1) is 0 Å². The smallest absolute Gasteiger partial charge is 0.246 e. The Hall–Kier alpha value is -2.61. The molecule has 0 radical (unpaired) electrons. The monoisotopic (exact) mass is 444 g/mol. The number of anilines is 2. The van der Waals surface area contributed by atoms with Crippen LogP contribution in [0, 0.1) is 0 Å². The topological polar surface area (TPSA) is 81.6 Å². The van der Waals surface area contributed by atoms with Crippen molar-refractivity contribution in [3.05, 3.63) is 53.3 Å².